The van der Waals surface area contributed by atoms with E-state index in [-0.39, 0.29) is 17.1 Å². The van der Waals surface area contributed by atoms with Crippen molar-refractivity contribution in [2.24, 2.45) is 0 Å². The number of rotatable bonds is 2. The van der Waals surface area contributed by atoms with E-state index in [0.717, 1.165) is 6.54 Å². The van der Waals surface area contributed by atoms with E-state index in [4.69, 9.17) is 0 Å². The van der Waals surface area contributed by atoms with Gasteiger partial charge in [0.2, 0.25) is 0 Å². The Balaban J connectivity index is 0.000000205. The monoisotopic (exact) mass is 266 g/mol. The minimum Gasteiger partial charge on any atom is -0.345 e. The van der Waals surface area contributed by atoms with Crippen LogP contribution < -0.4 is 0 Å². The summed E-state index contributed by atoms with van der Waals surface area (Å²) in [6, 6.07) is 18.3. The van der Waals surface area contributed by atoms with Gasteiger partial charge in [-0.2, -0.15) is 30.3 Å². The molecule has 0 saturated heterocycles. The average molecular weight is 266 g/mol. The van der Waals surface area contributed by atoms with E-state index in [9.17, 15) is 0 Å². The maximum atomic E-state index is 3.97. The molecule has 0 radical (unpaired) electrons. The van der Waals surface area contributed by atoms with Gasteiger partial charge in [-0.15, -0.1) is 5.56 Å². The van der Waals surface area contributed by atoms with Crippen LogP contribution in [0.15, 0.2) is 73.3 Å². The zero-order valence-electron chi connectivity index (χ0n) is 9.38. The van der Waals surface area contributed by atoms with Gasteiger partial charge in [0.25, 0.3) is 0 Å². The van der Waals surface area contributed by atoms with Gasteiger partial charge in [0.05, 0.1) is 6.33 Å². The number of imidazole rings is 1. The summed E-state index contributed by atoms with van der Waals surface area (Å²) < 4.78 is 2.05. The molecular weight excluding hydrogens is 252 g/mol. The second-order valence-corrected chi connectivity index (χ2v) is 3.49. The number of aromatic nitrogens is 2. The fraction of sp³-hybridized carbons (Fsp3) is 0.0714. The van der Waals surface area contributed by atoms with Crippen LogP contribution in [0.4, 0.5) is 0 Å². The quantitative estimate of drug-likeness (QED) is 0.515. The van der Waals surface area contributed by atoms with Crippen molar-refractivity contribution in [1.82, 2.24) is 9.55 Å². The van der Waals surface area contributed by atoms with Gasteiger partial charge in [-0.3, -0.25) is 0 Å². The van der Waals surface area contributed by atoms with Gasteiger partial charge < -0.3 is 4.57 Å². The minimum absolute atomic E-state index is 0. The van der Waals surface area contributed by atoms with Crippen LogP contribution in [-0.2, 0) is 23.6 Å². The van der Waals surface area contributed by atoms with Gasteiger partial charge in [0, 0.05) is 18.9 Å². The van der Waals surface area contributed by atoms with Crippen molar-refractivity contribution in [1.29, 1.82) is 0 Å². The summed E-state index contributed by atoms with van der Waals surface area (Å²) in [6.07, 6.45) is 5.59. The molecule has 0 spiro atoms. The number of hydrogen-bond acceptors (Lipinski definition) is 1. The van der Waals surface area contributed by atoms with Crippen LogP contribution in [-0.4, -0.2) is 9.55 Å². The summed E-state index contributed by atoms with van der Waals surface area (Å²) in [5.74, 6) is 0. The maximum Gasteiger partial charge on any atom is 2.00 e. The molecule has 2 nitrogen and oxygen atoms in total. The summed E-state index contributed by atoms with van der Waals surface area (Å²) in [6.45, 7) is 0.924. The van der Waals surface area contributed by atoms with E-state index in [1.807, 2.05) is 55.0 Å². The Morgan fingerprint density at radius 3 is 2.24 bits per heavy atom. The maximum absolute atomic E-state index is 3.97. The number of hydrogen-bond donors (Lipinski definition) is 0. The molecule has 0 aliphatic heterocycles. The molecule has 0 saturated carbocycles. The zero-order valence-corrected chi connectivity index (χ0v) is 10.5. The second kappa shape index (κ2) is 7.66. The molecular formula is C14H14FeN2. The molecule has 0 atom stereocenters. The Hall–Kier alpha value is -1.57. The van der Waals surface area contributed by atoms with E-state index in [1.54, 1.807) is 6.20 Å². The van der Waals surface area contributed by atoms with Gasteiger partial charge in [0.15, 0.2) is 0 Å². The fourth-order valence-corrected chi connectivity index (χ4v) is 1.43. The Morgan fingerprint density at radius 2 is 1.76 bits per heavy atom. The molecule has 0 amide bonds. The molecule has 1 aromatic heterocycles. The first-order valence-corrected chi connectivity index (χ1v) is 5.28. The van der Waals surface area contributed by atoms with Crippen molar-refractivity contribution in [3.63, 3.8) is 0 Å². The third-order valence-corrected chi connectivity index (χ3v) is 2.21. The molecule has 0 bridgehead atoms. The van der Waals surface area contributed by atoms with E-state index in [1.165, 1.54) is 5.56 Å². The van der Waals surface area contributed by atoms with E-state index in [2.05, 4.69) is 21.7 Å². The van der Waals surface area contributed by atoms with Crippen molar-refractivity contribution in [2.45, 2.75) is 6.54 Å². The van der Waals surface area contributed by atoms with Crippen LogP contribution in [0.2, 0.25) is 0 Å². The predicted molar refractivity (Wildman–Crippen MR) is 65.4 cm³/mol. The van der Waals surface area contributed by atoms with Gasteiger partial charge >= 0.3 is 17.1 Å². The largest absolute Gasteiger partial charge is 2.00 e. The molecule has 0 fully saturated rings. The van der Waals surface area contributed by atoms with E-state index < -0.39 is 0 Å². The van der Waals surface area contributed by atoms with Gasteiger partial charge in [-0.05, 0) is 0 Å². The smallest absolute Gasteiger partial charge is 0.345 e. The Morgan fingerprint density at radius 1 is 1.06 bits per heavy atom. The van der Waals surface area contributed by atoms with Crippen molar-refractivity contribution in [3.05, 3.63) is 78.9 Å². The summed E-state index contributed by atoms with van der Waals surface area (Å²) in [5, 5.41) is 0. The molecule has 17 heavy (non-hydrogen) atoms. The van der Waals surface area contributed by atoms with Crippen molar-refractivity contribution in [3.8, 4) is 0 Å². The minimum atomic E-state index is 0. The molecule has 0 N–H and O–H groups in total. The third-order valence-electron chi connectivity index (χ3n) is 2.21. The van der Waals surface area contributed by atoms with Gasteiger partial charge in [-0.1, -0.05) is 0 Å². The Kier molecular flexibility index (Phi) is 6.08. The summed E-state index contributed by atoms with van der Waals surface area (Å²) in [5.41, 5.74) is 1.32. The van der Waals surface area contributed by atoms with Crippen LogP contribution in [0.1, 0.15) is 5.56 Å². The zero-order chi connectivity index (χ0) is 11.1. The fourth-order valence-electron chi connectivity index (χ4n) is 1.43. The molecule has 3 rings (SSSR count). The molecule has 0 unspecified atom stereocenters. The molecule has 3 heteroatoms. The summed E-state index contributed by atoms with van der Waals surface area (Å²) in [4.78, 5) is 3.97. The Labute approximate surface area is 112 Å². The van der Waals surface area contributed by atoms with Crippen molar-refractivity contribution in [2.75, 3.05) is 0 Å². The van der Waals surface area contributed by atoms with Gasteiger partial charge in [-0.25, -0.2) is 29.2 Å². The summed E-state index contributed by atoms with van der Waals surface area (Å²) in [7, 11) is 0. The van der Waals surface area contributed by atoms with E-state index in [0.29, 0.717) is 0 Å². The Bertz CT molecular complexity index is 403. The summed E-state index contributed by atoms with van der Waals surface area (Å²) >= 11 is 0. The normalized spacial score (nSPS) is 8.94. The molecule has 0 aliphatic carbocycles. The SMILES string of the molecule is [Fe+2].c1cc[c-](Cn2ccnc2)c1.c1cc[cH-]c1. The van der Waals surface area contributed by atoms with Crippen LogP contribution in [0.25, 0.3) is 0 Å². The first kappa shape index (κ1) is 13.5. The third kappa shape index (κ3) is 4.85. The van der Waals surface area contributed by atoms with Crippen molar-refractivity contribution < 1.29 is 17.1 Å². The van der Waals surface area contributed by atoms with Crippen LogP contribution >= 0.6 is 0 Å². The number of nitrogens with zero attached hydrogens (tertiary/aromatic N) is 2. The first-order chi connectivity index (χ1) is 7.95. The molecule has 88 valence electrons. The van der Waals surface area contributed by atoms with Gasteiger partial charge in [0.1, 0.15) is 0 Å². The topological polar surface area (TPSA) is 17.8 Å². The first-order valence-electron chi connectivity index (χ1n) is 5.28. The second-order valence-electron chi connectivity index (χ2n) is 3.49. The molecule has 0 aliphatic rings. The standard InChI is InChI=1S/C9H9N2.C5H5.Fe/c1-2-4-9(3-1)7-11-6-5-10-8-11;1-2-4-5-3-1;/h1-6,8H,7H2;1-5H;/q2*-1;+2. The molecule has 3 aromatic rings. The van der Waals surface area contributed by atoms with Crippen LogP contribution in [0, 0.1) is 0 Å². The average Bonchev–Trinajstić information content (AvgIpc) is 3.05. The van der Waals surface area contributed by atoms with Crippen molar-refractivity contribution >= 4 is 0 Å². The molecule has 2 aromatic carbocycles. The van der Waals surface area contributed by atoms with Crippen LogP contribution in [0.3, 0.4) is 0 Å². The van der Waals surface area contributed by atoms with E-state index >= 15 is 0 Å². The molecule has 1 heterocycles. The predicted octanol–water partition coefficient (Wildman–Crippen LogP) is 3.05. The van der Waals surface area contributed by atoms with Crippen LogP contribution in [0.5, 0.6) is 0 Å².